The standard InChI is InChI=1S/C17H15Cl2NO4/c18-13-6-12(7-14(19)8-13)15(9-16(21)22)20-17(23)24-10-11-4-2-1-3-5-11/h1-8,15H,9-10H2,(H,20,23)(H,21,22). The highest BCUT2D eigenvalue weighted by Crippen LogP contribution is 2.25. The van der Waals surface area contributed by atoms with Crippen molar-refractivity contribution in [2.24, 2.45) is 0 Å². The van der Waals surface area contributed by atoms with Crippen LogP contribution < -0.4 is 5.32 Å². The van der Waals surface area contributed by atoms with Crippen molar-refractivity contribution in [2.75, 3.05) is 0 Å². The number of hydrogen-bond acceptors (Lipinski definition) is 3. The Bertz CT molecular complexity index is 702. The van der Waals surface area contributed by atoms with Crippen LogP contribution in [0.1, 0.15) is 23.6 Å². The smallest absolute Gasteiger partial charge is 0.407 e. The fourth-order valence-electron chi connectivity index (χ4n) is 2.11. The number of alkyl carbamates (subject to hydrolysis) is 1. The zero-order valence-corrected chi connectivity index (χ0v) is 14.1. The molecule has 126 valence electrons. The molecule has 0 saturated carbocycles. The van der Waals surface area contributed by atoms with E-state index >= 15 is 0 Å². The average molecular weight is 368 g/mol. The van der Waals surface area contributed by atoms with Gasteiger partial charge in [-0.3, -0.25) is 4.79 Å². The molecule has 1 atom stereocenters. The van der Waals surface area contributed by atoms with E-state index in [2.05, 4.69) is 5.32 Å². The van der Waals surface area contributed by atoms with E-state index in [-0.39, 0.29) is 13.0 Å². The van der Waals surface area contributed by atoms with Gasteiger partial charge in [0.2, 0.25) is 0 Å². The summed E-state index contributed by atoms with van der Waals surface area (Å²) in [7, 11) is 0. The summed E-state index contributed by atoms with van der Waals surface area (Å²) in [6.07, 6.45) is -1.04. The Kier molecular flexibility index (Phi) is 6.46. The lowest BCUT2D eigenvalue weighted by Gasteiger charge is -2.18. The maximum atomic E-state index is 12.0. The molecule has 2 aromatic rings. The lowest BCUT2D eigenvalue weighted by Crippen LogP contribution is -2.30. The highest BCUT2D eigenvalue weighted by molar-refractivity contribution is 6.34. The molecule has 0 bridgehead atoms. The van der Waals surface area contributed by atoms with Gasteiger partial charge < -0.3 is 15.2 Å². The maximum Gasteiger partial charge on any atom is 0.407 e. The number of aliphatic carboxylic acids is 1. The van der Waals surface area contributed by atoms with Crippen LogP contribution in [0.4, 0.5) is 4.79 Å². The van der Waals surface area contributed by atoms with Crippen molar-refractivity contribution < 1.29 is 19.4 Å². The lowest BCUT2D eigenvalue weighted by atomic mass is 10.0. The van der Waals surface area contributed by atoms with Crippen LogP contribution in [-0.2, 0) is 16.1 Å². The van der Waals surface area contributed by atoms with Crippen molar-refractivity contribution in [3.05, 3.63) is 69.7 Å². The normalized spacial score (nSPS) is 11.6. The van der Waals surface area contributed by atoms with Crippen molar-refractivity contribution in [3.8, 4) is 0 Å². The Hall–Kier alpha value is -2.24. The number of rotatable bonds is 6. The van der Waals surface area contributed by atoms with Crippen molar-refractivity contribution in [1.82, 2.24) is 5.32 Å². The van der Waals surface area contributed by atoms with E-state index in [1.54, 1.807) is 12.1 Å². The van der Waals surface area contributed by atoms with Gasteiger partial charge in [0.15, 0.2) is 0 Å². The molecule has 0 radical (unpaired) electrons. The third-order valence-corrected chi connectivity index (χ3v) is 3.61. The van der Waals surface area contributed by atoms with Crippen molar-refractivity contribution >= 4 is 35.3 Å². The molecule has 1 amide bonds. The van der Waals surface area contributed by atoms with Crippen LogP contribution in [0.15, 0.2) is 48.5 Å². The first-order valence-corrected chi connectivity index (χ1v) is 7.84. The van der Waals surface area contributed by atoms with E-state index in [1.165, 1.54) is 6.07 Å². The number of hydrogen-bond donors (Lipinski definition) is 2. The monoisotopic (exact) mass is 367 g/mol. The number of carboxylic acid groups (broad SMARTS) is 1. The van der Waals surface area contributed by atoms with E-state index in [4.69, 9.17) is 33.0 Å². The number of halogens is 2. The second-order valence-corrected chi connectivity index (χ2v) is 5.93. The first kappa shape index (κ1) is 18.1. The zero-order valence-electron chi connectivity index (χ0n) is 12.5. The van der Waals surface area contributed by atoms with Crippen LogP contribution in [0, 0.1) is 0 Å². The summed E-state index contributed by atoms with van der Waals surface area (Å²) in [5.74, 6) is -1.07. The van der Waals surface area contributed by atoms with E-state index in [1.807, 2.05) is 30.3 Å². The molecule has 1 unspecified atom stereocenters. The van der Waals surface area contributed by atoms with Gasteiger partial charge >= 0.3 is 12.1 Å². The maximum absolute atomic E-state index is 12.0. The predicted molar refractivity (Wildman–Crippen MR) is 91.2 cm³/mol. The SMILES string of the molecule is O=C(O)CC(NC(=O)OCc1ccccc1)c1cc(Cl)cc(Cl)c1. The van der Waals surface area contributed by atoms with Crippen LogP contribution >= 0.6 is 23.2 Å². The van der Waals surface area contributed by atoms with Crippen LogP contribution in [0.5, 0.6) is 0 Å². The minimum Gasteiger partial charge on any atom is -0.481 e. The van der Waals surface area contributed by atoms with E-state index in [0.717, 1.165) is 5.56 Å². The third-order valence-electron chi connectivity index (χ3n) is 3.17. The molecule has 5 nitrogen and oxygen atoms in total. The Morgan fingerprint density at radius 2 is 1.71 bits per heavy atom. The fourth-order valence-corrected chi connectivity index (χ4v) is 2.65. The second kappa shape index (κ2) is 8.57. The molecule has 2 aromatic carbocycles. The quantitative estimate of drug-likeness (QED) is 0.791. The van der Waals surface area contributed by atoms with Crippen molar-refractivity contribution in [2.45, 2.75) is 19.1 Å². The van der Waals surface area contributed by atoms with E-state index in [9.17, 15) is 9.59 Å². The molecule has 0 aliphatic rings. The summed E-state index contributed by atoms with van der Waals surface area (Å²) in [4.78, 5) is 23.0. The number of carboxylic acids is 1. The Labute approximate surface area is 149 Å². The van der Waals surface area contributed by atoms with Gasteiger partial charge in [-0.25, -0.2) is 4.79 Å². The zero-order chi connectivity index (χ0) is 17.5. The topological polar surface area (TPSA) is 75.6 Å². The molecule has 7 heteroatoms. The number of benzene rings is 2. The second-order valence-electron chi connectivity index (χ2n) is 5.06. The molecule has 2 N–H and O–H groups in total. The van der Waals surface area contributed by atoms with Crippen LogP contribution in [0.3, 0.4) is 0 Å². The van der Waals surface area contributed by atoms with Gasteiger partial charge in [0.25, 0.3) is 0 Å². The third kappa shape index (κ3) is 5.76. The molecule has 0 heterocycles. The van der Waals surface area contributed by atoms with Gasteiger partial charge in [-0.05, 0) is 29.3 Å². The largest absolute Gasteiger partial charge is 0.481 e. The fraction of sp³-hybridized carbons (Fsp3) is 0.176. The van der Waals surface area contributed by atoms with Crippen LogP contribution in [0.2, 0.25) is 10.0 Å². The Balaban J connectivity index is 2.05. The summed E-state index contributed by atoms with van der Waals surface area (Å²) in [6.45, 7) is 0.0861. The van der Waals surface area contributed by atoms with Crippen molar-refractivity contribution in [3.63, 3.8) is 0 Å². The molecule has 24 heavy (non-hydrogen) atoms. The number of carbonyl (C=O) groups is 2. The van der Waals surface area contributed by atoms with Gasteiger partial charge in [-0.1, -0.05) is 53.5 Å². The van der Waals surface area contributed by atoms with Gasteiger partial charge in [-0.15, -0.1) is 0 Å². The van der Waals surface area contributed by atoms with Crippen molar-refractivity contribution in [1.29, 1.82) is 0 Å². The molecule has 0 aromatic heterocycles. The van der Waals surface area contributed by atoms with E-state index < -0.39 is 18.1 Å². The highest BCUT2D eigenvalue weighted by atomic mass is 35.5. The molecule has 0 spiro atoms. The molecule has 0 aliphatic carbocycles. The molecular formula is C17H15Cl2NO4. The number of carbonyl (C=O) groups excluding carboxylic acids is 1. The molecule has 0 aliphatic heterocycles. The van der Waals surface area contributed by atoms with Gasteiger partial charge in [0, 0.05) is 10.0 Å². The minimum absolute atomic E-state index is 0.0861. The lowest BCUT2D eigenvalue weighted by molar-refractivity contribution is -0.137. The van der Waals surface area contributed by atoms with Gasteiger partial charge in [0.1, 0.15) is 6.61 Å². The summed E-state index contributed by atoms with van der Waals surface area (Å²) in [6, 6.07) is 13.0. The molecule has 0 fully saturated rings. The van der Waals surface area contributed by atoms with Crippen LogP contribution in [0.25, 0.3) is 0 Å². The first-order valence-electron chi connectivity index (χ1n) is 7.09. The number of amides is 1. The summed E-state index contributed by atoms with van der Waals surface area (Å²) < 4.78 is 5.11. The highest BCUT2D eigenvalue weighted by Gasteiger charge is 2.20. The van der Waals surface area contributed by atoms with E-state index in [0.29, 0.717) is 15.6 Å². The average Bonchev–Trinajstić information content (AvgIpc) is 2.52. The Morgan fingerprint density at radius 3 is 2.29 bits per heavy atom. The summed E-state index contributed by atoms with van der Waals surface area (Å²) >= 11 is 11.9. The Morgan fingerprint density at radius 1 is 1.08 bits per heavy atom. The molecular weight excluding hydrogens is 353 g/mol. The predicted octanol–water partition coefficient (Wildman–Crippen LogP) is 4.44. The molecule has 0 saturated heterocycles. The number of nitrogens with one attached hydrogen (secondary N) is 1. The minimum atomic E-state index is -1.07. The van der Waals surface area contributed by atoms with Gasteiger partial charge in [0.05, 0.1) is 12.5 Å². The first-order chi connectivity index (χ1) is 11.4. The van der Waals surface area contributed by atoms with Crippen LogP contribution in [-0.4, -0.2) is 17.2 Å². The molecule has 2 rings (SSSR count). The number of ether oxygens (including phenoxy) is 1. The van der Waals surface area contributed by atoms with Gasteiger partial charge in [-0.2, -0.15) is 0 Å². The summed E-state index contributed by atoms with van der Waals surface area (Å²) in [5.41, 5.74) is 1.32. The summed E-state index contributed by atoms with van der Waals surface area (Å²) in [5, 5.41) is 12.3.